The van der Waals surface area contributed by atoms with E-state index in [4.69, 9.17) is 8.83 Å². The van der Waals surface area contributed by atoms with Crippen LogP contribution in [0, 0.1) is 0 Å². The number of benzene rings is 3. The SMILES string of the molecule is C1=Cc2oc3ccc(N(c4ccccc4)c4cncc5c4oc4ccccc45)cc3c2CN1. The maximum atomic E-state index is 6.35. The number of furan rings is 2. The van der Waals surface area contributed by atoms with E-state index < -0.39 is 0 Å². The summed E-state index contributed by atoms with van der Waals surface area (Å²) >= 11 is 0. The highest BCUT2D eigenvalue weighted by atomic mass is 16.3. The first-order valence-corrected chi connectivity index (χ1v) is 10.9. The van der Waals surface area contributed by atoms with E-state index in [2.05, 4.69) is 45.5 Å². The molecule has 5 heteroatoms. The molecule has 0 saturated carbocycles. The summed E-state index contributed by atoms with van der Waals surface area (Å²) in [6.45, 7) is 0.744. The fourth-order valence-electron chi connectivity index (χ4n) is 4.70. The van der Waals surface area contributed by atoms with Crippen LogP contribution in [0.4, 0.5) is 17.1 Å². The lowest BCUT2D eigenvalue weighted by atomic mass is 10.1. The van der Waals surface area contributed by atoms with Crippen molar-refractivity contribution in [2.75, 3.05) is 4.90 Å². The summed E-state index contributed by atoms with van der Waals surface area (Å²) in [6.07, 6.45) is 7.65. The molecule has 3 aromatic heterocycles. The van der Waals surface area contributed by atoms with Crippen molar-refractivity contribution < 1.29 is 8.83 Å². The van der Waals surface area contributed by atoms with Gasteiger partial charge in [0.25, 0.3) is 0 Å². The molecule has 6 aromatic rings. The van der Waals surface area contributed by atoms with Gasteiger partial charge in [-0.2, -0.15) is 0 Å². The van der Waals surface area contributed by atoms with E-state index in [1.165, 1.54) is 5.56 Å². The average Bonchev–Trinajstić information content (AvgIpc) is 3.44. The van der Waals surface area contributed by atoms with Gasteiger partial charge in [-0.05, 0) is 42.5 Å². The summed E-state index contributed by atoms with van der Waals surface area (Å²) in [5.74, 6) is 0.910. The van der Waals surface area contributed by atoms with E-state index in [9.17, 15) is 0 Å². The van der Waals surface area contributed by atoms with Crippen LogP contribution < -0.4 is 10.2 Å². The third-order valence-electron chi connectivity index (χ3n) is 6.22. The fourth-order valence-corrected chi connectivity index (χ4v) is 4.70. The van der Waals surface area contributed by atoms with Crippen molar-refractivity contribution >= 4 is 56.0 Å². The molecule has 33 heavy (non-hydrogen) atoms. The van der Waals surface area contributed by atoms with Crippen molar-refractivity contribution in [3.05, 3.63) is 103 Å². The molecule has 1 aliphatic heterocycles. The van der Waals surface area contributed by atoms with Crippen LogP contribution in [0.2, 0.25) is 0 Å². The molecular formula is C28H19N3O2. The van der Waals surface area contributed by atoms with Gasteiger partial charge in [0.1, 0.15) is 22.6 Å². The van der Waals surface area contributed by atoms with E-state index in [-0.39, 0.29) is 0 Å². The van der Waals surface area contributed by atoms with Gasteiger partial charge in [-0.3, -0.25) is 4.98 Å². The normalized spacial score (nSPS) is 12.8. The smallest absolute Gasteiger partial charge is 0.162 e. The number of para-hydroxylation sites is 2. The minimum absolute atomic E-state index is 0.744. The zero-order valence-corrected chi connectivity index (χ0v) is 17.7. The molecule has 0 bridgehead atoms. The molecule has 0 unspecified atom stereocenters. The molecule has 0 amide bonds. The van der Waals surface area contributed by atoms with E-state index in [1.54, 1.807) is 0 Å². The molecular weight excluding hydrogens is 410 g/mol. The van der Waals surface area contributed by atoms with Crippen LogP contribution in [0.3, 0.4) is 0 Å². The summed E-state index contributed by atoms with van der Waals surface area (Å²) < 4.78 is 12.4. The Hall–Kier alpha value is -4.51. The van der Waals surface area contributed by atoms with Crippen LogP contribution in [0.15, 0.2) is 100 Å². The Morgan fingerprint density at radius 1 is 0.758 bits per heavy atom. The van der Waals surface area contributed by atoms with Crippen LogP contribution >= 0.6 is 0 Å². The molecule has 1 N–H and O–H groups in total. The second-order valence-electron chi connectivity index (χ2n) is 8.14. The maximum Gasteiger partial charge on any atom is 0.162 e. The van der Waals surface area contributed by atoms with Gasteiger partial charge in [-0.25, -0.2) is 0 Å². The first-order valence-electron chi connectivity index (χ1n) is 10.9. The minimum Gasteiger partial charge on any atom is -0.456 e. The second kappa shape index (κ2) is 7.00. The van der Waals surface area contributed by atoms with E-state index in [0.29, 0.717) is 0 Å². The van der Waals surface area contributed by atoms with Crippen LogP contribution in [0.1, 0.15) is 11.3 Å². The Morgan fingerprint density at radius 2 is 1.61 bits per heavy atom. The Kier molecular flexibility index (Phi) is 3.84. The third kappa shape index (κ3) is 2.76. The van der Waals surface area contributed by atoms with Crippen molar-refractivity contribution in [3.63, 3.8) is 0 Å². The molecule has 0 fully saturated rings. The number of nitrogens with one attached hydrogen (secondary N) is 1. The quantitative estimate of drug-likeness (QED) is 0.321. The Morgan fingerprint density at radius 3 is 2.55 bits per heavy atom. The molecule has 1 aliphatic rings. The van der Waals surface area contributed by atoms with Gasteiger partial charge in [0.2, 0.25) is 0 Å². The molecule has 5 nitrogen and oxygen atoms in total. The summed E-state index contributed by atoms with van der Waals surface area (Å²) in [6, 6.07) is 24.7. The highest BCUT2D eigenvalue weighted by Crippen LogP contribution is 2.42. The second-order valence-corrected chi connectivity index (χ2v) is 8.14. The lowest BCUT2D eigenvalue weighted by molar-refractivity contribution is 0.592. The van der Waals surface area contributed by atoms with Gasteiger partial charge in [-0.15, -0.1) is 0 Å². The molecule has 0 atom stereocenters. The van der Waals surface area contributed by atoms with Gasteiger partial charge in [0.05, 0.1) is 6.20 Å². The van der Waals surface area contributed by atoms with Gasteiger partial charge in [-0.1, -0.05) is 36.4 Å². The van der Waals surface area contributed by atoms with Crippen LogP contribution in [0.25, 0.3) is 39.0 Å². The number of anilines is 3. The van der Waals surface area contributed by atoms with E-state index in [1.807, 2.05) is 67.1 Å². The number of pyridine rings is 1. The molecule has 0 saturated heterocycles. The van der Waals surface area contributed by atoms with Gasteiger partial charge in [0.15, 0.2) is 5.58 Å². The monoisotopic (exact) mass is 429 g/mol. The molecule has 7 rings (SSSR count). The summed E-state index contributed by atoms with van der Waals surface area (Å²) in [5, 5.41) is 6.46. The molecule has 0 radical (unpaired) electrons. The van der Waals surface area contributed by atoms with Crippen molar-refractivity contribution in [2.45, 2.75) is 6.54 Å². The summed E-state index contributed by atoms with van der Waals surface area (Å²) in [4.78, 5) is 6.79. The Balaban J connectivity index is 1.50. The first-order chi connectivity index (χ1) is 16.4. The van der Waals surface area contributed by atoms with Crippen LogP contribution in [0.5, 0.6) is 0 Å². The van der Waals surface area contributed by atoms with Crippen LogP contribution in [-0.4, -0.2) is 4.98 Å². The zero-order valence-electron chi connectivity index (χ0n) is 17.7. The molecule has 4 heterocycles. The number of rotatable bonds is 3. The number of aromatic nitrogens is 1. The minimum atomic E-state index is 0.744. The largest absolute Gasteiger partial charge is 0.456 e. The van der Waals surface area contributed by atoms with E-state index in [0.717, 1.165) is 62.3 Å². The molecule has 3 aromatic carbocycles. The van der Waals surface area contributed by atoms with Gasteiger partial charge < -0.3 is 19.1 Å². The van der Waals surface area contributed by atoms with E-state index >= 15 is 0 Å². The number of nitrogens with zero attached hydrogens (tertiary/aromatic N) is 2. The van der Waals surface area contributed by atoms with Crippen molar-refractivity contribution in [1.29, 1.82) is 0 Å². The van der Waals surface area contributed by atoms with Gasteiger partial charge >= 0.3 is 0 Å². The van der Waals surface area contributed by atoms with Crippen LogP contribution in [-0.2, 0) is 6.54 Å². The maximum absolute atomic E-state index is 6.35. The van der Waals surface area contributed by atoms with Crippen molar-refractivity contribution in [1.82, 2.24) is 10.3 Å². The first kappa shape index (κ1) is 18.1. The fraction of sp³-hybridized carbons (Fsp3) is 0.0357. The number of fused-ring (bicyclic) bond motifs is 6. The van der Waals surface area contributed by atoms with Gasteiger partial charge in [0, 0.05) is 52.0 Å². The molecule has 158 valence electrons. The lowest BCUT2D eigenvalue weighted by Crippen LogP contribution is -2.11. The summed E-state index contributed by atoms with van der Waals surface area (Å²) in [7, 11) is 0. The zero-order chi connectivity index (χ0) is 21.8. The average molecular weight is 429 g/mol. The predicted molar refractivity (Wildman–Crippen MR) is 132 cm³/mol. The molecule has 0 spiro atoms. The standard InChI is InChI=1S/C28H19N3O2/c1-2-6-18(7-3-1)31(19-10-11-26-21(14-19)22-15-29-13-12-27(22)32-26)24-17-30-16-23-20-8-4-5-9-25(20)33-28(23)24/h1-14,16-17,29H,15H2. The summed E-state index contributed by atoms with van der Waals surface area (Å²) in [5.41, 5.74) is 6.65. The number of hydrogen-bond donors (Lipinski definition) is 1. The van der Waals surface area contributed by atoms with Crippen molar-refractivity contribution in [3.8, 4) is 0 Å². The third-order valence-corrected chi connectivity index (χ3v) is 6.22. The lowest BCUT2D eigenvalue weighted by Gasteiger charge is -2.25. The van der Waals surface area contributed by atoms with Crippen molar-refractivity contribution in [2.24, 2.45) is 0 Å². The Labute approximate surface area is 189 Å². The molecule has 0 aliphatic carbocycles. The highest BCUT2D eigenvalue weighted by Gasteiger charge is 2.21. The number of hydrogen-bond acceptors (Lipinski definition) is 5. The Bertz CT molecular complexity index is 1680. The topological polar surface area (TPSA) is 54.4 Å². The predicted octanol–water partition coefficient (Wildman–Crippen LogP) is 7.27. The highest BCUT2D eigenvalue weighted by molar-refractivity contribution is 6.09.